The molecule has 122 valence electrons. The maximum atomic E-state index is 12.6. The molecule has 0 aromatic carbocycles. The maximum absolute atomic E-state index is 12.6. The Morgan fingerprint density at radius 2 is 1.90 bits per heavy atom. The molecule has 1 aliphatic rings. The van der Waals surface area contributed by atoms with Gasteiger partial charge in [0.25, 0.3) is 0 Å². The van der Waals surface area contributed by atoms with Crippen molar-refractivity contribution in [3.63, 3.8) is 0 Å². The number of carboxylic acids is 1. The molecule has 0 radical (unpaired) electrons. The largest absolute Gasteiger partial charge is 0.481 e. The fraction of sp³-hybridized carbons (Fsp3) is 0.875. The van der Waals surface area contributed by atoms with Crippen LogP contribution in [0.3, 0.4) is 0 Å². The zero-order valence-corrected chi connectivity index (χ0v) is 13.7. The van der Waals surface area contributed by atoms with E-state index in [0.717, 1.165) is 45.3 Å². The summed E-state index contributed by atoms with van der Waals surface area (Å²) in [5.41, 5.74) is 0. The number of hydrogen-bond donors (Lipinski definition) is 1. The molecule has 21 heavy (non-hydrogen) atoms. The van der Waals surface area contributed by atoms with Gasteiger partial charge in [-0.2, -0.15) is 0 Å². The number of amides is 2. The van der Waals surface area contributed by atoms with Crippen LogP contribution in [0.5, 0.6) is 0 Å². The number of likely N-dealkylation sites (tertiary alicyclic amines) is 1. The fourth-order valence-electron chi connectivity index (χ4n) is 3.13. The maximum Gasteiger partial charge on any atom is 0.320 e. The summed E-state index contributed by atoms with van der Waals surface area (Å²) in [6.07, 6.45) is 4.14. The minimum Gasteiger partial charge on any atom is -0.481 e. The van der Waals surface area contributed by atoms with E-state index in [1.54, 1.807) is 0 Å². The van der Waals surface area contributed by atoms with Crippen LogP contribution >= 0.6 is 0 Å². The van der Waals surface area contributed by atoms with Crippen LogP contribution in [0.2, 0.25) is 0 Å². The summed E-state index contributed by atoms with van der Waals surface area (Å²) in [5.74, 6) is -0.308. The number of urea groups is 1. The van der Waals surface area contributed by atoms with Gasteiger partial charge in [0.2, 0.25) is 0 Å². The summed E-state index contributed by atoms with van der Waals surface area (Å²) >= 11 is 0. The average Bonchev–Trinajstić information content (AvgIpc) is 2.45. The molecule has 1 N–H and O–H groups in total. The molecule has 0 spiro atoms. The third-order valence-corrected chi connectivity index (χ3v) is 4.29. The van der Waals surface area contributed by atoms with Crippen molar-refractivity contribution < 1.29 is 14.7 Å². The average molecular weight is 298 g/mol. The molecule has 2 amide bonds. The minimum atomic E-state index is -0.746. The lowest BCUT2D eigenvalue weighted by Gasteiger charge is -2.38. The number of nitrogens with zero attached hydrogens (tertiary/aromatic N) is 2. The van der Waals surface area contributed by atoms with Gasteiger partial charge in [0.1, 0.15) is 0 Å². The molecule has 0 aromatic heterocycles. The first-order valence-corrected chi connectivity index (χ1v) is 8.25. The molecular weight excluding hydrogens is 268 g/mol. The van der Waals surface area contributed by atoms with E-state index < -0.39 is 5.97 Å². The SMILES string of the molecule is CCCN(CCC)C(=O)N1CCCC(C(C)CC(=O)O)C1. The summed E-state index contributed by atoms with van der Waals surface area (Å²) < 4.78 is 0. The molecule has 0 aromatic rings. The topological polar surface area (TPSA) is 60.9 Å². The lowest BCUT2D eigenvalue weighted by atomic mass is 9.85. The van der Waals surface area contributed by atoms with E-state index in [0.29, 0.717) is 12.5 Å². The number of hydrogen-bond acceptors (Lipinski definition) is 2. The second-order valence-corrected chi connectivity index (χ2v) is 6.19. The highest BCUT2D eigenvalue weighted by Crippen LogP contribution is 2.26. The number of carbonyl (C=O) groups is 2. The van der Waals surface area contributed by atoms with Crippen molar-refractivity contribution in [2.45, 2.75) is 52.9 Å². The van der Waals surface area contributed by atoms with Crippen molar-refractivity contribution in [3.05, 3.63) is 0 Å². The molecule has 5 nitrogen and oxygen atoms in total. The Kier molecular flexibility index (Phi) is 7.54. The zero-order chi connectivity index (χ0) is 15.8. The summed E-state index contributed by atoms with van der Waals surface area (Å²) in [7, 11) is 0. The molecular formula is C16H30N2O3. The van der Waals surface area contributed by atoms with E-state index in [9.17, 15) is 9.59 Å². The molecule has 1 heterocycles. The van der Waals surface area contributed by atoms with Gasteiger partial charge in [-0.3, -0.25) is 4.79 Å². The molecule has 1 fully saturated rings. The highest BCUT2D eigenvalue weighted by molar-refractivity contribution is 5.74. The van der Waals surface area contributed by atoms with Crippen LogP contribution in [0, 0.1) is 11.8 Å². The Labute approximate surface area is 128 Å². The van der Waals surface area contributed by atoms with Gasteiger partial charge in [-0.25, -0.2) is 4.79 Å². The predicted octanol–water partition coefficient (Wildman–Crippen LogP) is 3.05. The van der Waals surface area contributed by atoms with Gasteiger partial charge in [-0.15, -0.1) is 0 Å². The van der Waals surface area contributed by atoms with Crippen LogP contribution in [0.4, 0.5) is 4.79 Å². The molecule has 2 unspecified atom stereocenters. The molecule has 0 bridgehead atoms. The lowest BCUT2D eigenvalue weighted by Crippen LogP contribution is -2.49. The van der Waals surface area contributed by atoms with Crippen LogP contribution in [-0.4, -0.2) is 53.1 Å². The summed E-state index contributed by atoms with van der Waals surface area (Å²) in [4.78, 5) is 27.3. The third-order valence-electron chi connectivity index (χ3n) is 4.29. The molecule has 1 saturated heterocycles. The predicted molar refractivity (Wildman–Crippen MR) is 83.3 cm³/mol. The van der Waals surface area contributed by atoms with Crippen molar-refractivity contribution in [2.75, 3.05) is 26.2 Å². The third kappa shape index (κ3) is 5.56. The summed E-state index contributed by atoms with van der Waals surface area (Å²) in [6, 6.07) is 0.130. The monoisotopic (exact) mass is 298 g/mol. The molecule has 5 heteroatoms. The smallest absolute Gasteiger partial charge is 0.320 e. The van der Waals surface area contributed by atoms with Crippen molar-refractivity contribution in [1.29, 1.82) is 0 Å². The lowest BCUT2D eigenvalue weighted by molar-refractivity contribution is -0.138. The van der Waals surface area contributed by atoms with Crippen LogP contribution < -0.4 is 0 Å². The number of carbonyl (C=O) groups excluding carboxylic acids is 1. The molecule has 0 aliphatic carbocycles. The van der Waals surface area contributed by atoms with Crippen LogP contribution in [0.1, 0.15) is 52.9 Å². The first-order valence-electron chi connectivity index (χ1n) is 8.25. The first-order chi connectivity index (χ1) is 9.99. The summed E-state index contributed by atoms with van der Waals surface area (Å²) in [6.45, 7) is 9.28. The quantitative estimate of drug-likeness (QED) is 0.786. The van der Waals surface area contributed by atoms with E-state index in [2.05, 4.69) is 13.8 Å². The van der Waals surface area contributed by atoms with E-state index in [4.69, 9.17) is 5.11 Å². The zero-order valence-electron chi connectivity index (χ0n) is 13.7. The van der Waals surface area contributed by atoms with Gasteiger partial charge in [-0.05, 0) is 37.5 Å². The number of carboxylic acid groups (broad SMARTS) is 1. The summed E-state index contributed by atoms with van der Waals surface area (Å²) in [5, 5.41) is 8.93. The minimum absolute atomic E-state index is 0.129. The van der Waals surface area contributed by atoms with Crippen LogP contribution in [-0.2, 0) is 4.79 Å². The van der Waals surface area contributed by atoms with E-state index in [-0.39, 0.29) is 18.4 Å². The molecule has 0 saturated carbocycles. The second-order valence-electron chi connectivity index (χ2n) is 6.19. The van der Waals surface area contributed by atoms with E-state index >= 15 is 0 Å². The van der Waals surface area contributed by atoms with Gasteiger partial charge in [-0.1, -0.05) is 20.8 Å². The standard InChI is InChI=1S/C16H30N2O3/c1-4-8-17(9-5-2)16(21)18-10-6-7-14(12-18)13(3)11-15(19)20/h13-14H,4-12H2,1-3H3,(H,19,20). The van der Waals surface area contributed by atoms with Gasteiger partial charge in [0.15, 0.2) is 0 Å². The van der Waals surface area contributed by atoms with Crippen molar-refractivity contribution in [1.82, 2.24) is 9.80 Å². The van der Waals surface area contributed by atoms with Crippen molar-refractivity contribution in [2.24, 2.45) is 11.8 Å². The van der Waals surface area contributed by atoms with Gasteiger partial charge >= 0.3 is 12.0 Å². The first kappa shape index (κ1) is 17.8. The fourth-order valence-corrected chi connectivity index (χ4v) is 3.13. The Morgan fingerprint density at radius 3 is 2.43 bits per heavy atom. The highest BCUT2D eigenvalue weighted by Gasteiger charge is 2.30. The van der Waals surface area contributed by atoms with Gasteiger partial charge < -0.3 is 14.9 Å². The van der Waals surface area contributed by atoms with E-state index in [1.165, 1.54) is 0 Å². The molecule has 1 aliphatic heterocycles. The van der Waals surface area contributed by atoms with Gasteiger partial charge in [0.05, 0.1) is 0 Å². The van der Waals surface area contributed by atoms with Crippen LogP contribution in [0.15, 0.2) is 0 Å². The van der Waals surface area contributed by atoms with Crippen molar-refractivity contribution in [3.8, 4) is 0 Å². The Hall–Kier alpha value is -1.26. The Morgan fingerprint density at radius 1 is 1.29 bits per heavy atom. The normalized spacial score (nSPS) is 20.1. The van der Waals surface area contributed by atoms with Gasteiger partial charge in [0, 0.05) is 32.6 Å². The Bertz CT molecular complexity index is 340. The molecule has 1 rings (SSSR count). The number of rotatable bonds is 7. The van der Waals surface area contributed by atoms with Crippen LogP contribution in [0.25, 0.3) is 0 Å². The number of piperidine rings is 1. The molecule has 2 atom stereocenters. The Balaban J connectivity index is 2.61. The van der Waals surface area contributed by atoms with E-state index in [1.807, 2.05) is 16.7 Å². The number of aliphatic carboxylic acids is 1. The highest BCUT2D eigenvalue weighted by atomic mass is 16.4. The second kappa shape index (κ2) is 8.90. The van der Waals surface area contributed by atoms with Crippen molar-refractivity contribution >= 4 is 12.0 Å².